The summed E-state index contributed by atoms with van der Waals surface area (Å²) in [5, 5.41) is 5.32. The second-order valence-corrected chi connectivity index (χ2v) is 4.31. The van der Waals surface area contributed by atoms with Crippen molar-refractivity contribution in [2.24, 2.45) is 0 Å². The summed E-state index contributed by atoms with van der Waals surface area (Å²) in [6.07, 6.45) is 0. The van der Waals surface area contributed by atoms with Crippen LogP contribution in [0.5, 0.6) is 0 Å². The summed E-state index contributed by atoms with van der Waals surface area (Å²) in [4.78, 5) is 0. The van der Waals surface area contributed by atoms with Crippen LogP contribution in [-0.2, 0) is 23.3 Å². The minimum absolute atomic E-state index is 0. The van der Waals surface area contributed by atoms with Crippen molar-refractivity contribution in [2.75, 3.05) is 0 Å². The van der Waals surface area contributed by atoms with Gasteiger partial charge in [0.25, 0.3) is 0 Å². The smallest absolute Gasteiger partial charge is 0.0809 e. The Morgan fingerprint density at radius 3 is 1.23 bits per heavy atom. The molecule has 0 heterocycles. The molecule has 0 N–H and O–H groups in total. The number of halogens is 2. The van der Waals surface area contributed by atoms with Crippen LogP contribution in [0.2, 0.25) is 0 Å². The Morgan fingerprint density at radius 2 is 0.923 bits per heavy atom. The number of rotatable bonds is 0. The van der Waals surface area contributed by atoms with Gasteiger partial charge in [0.15, 0.2) is 0 Å². The molecule has 4 heteroatoms. The first-order valence-corrected chi connectivity index (χ1v) is 11.4. The van der Waals surface area contributed by atoms with E-state index in [1.165, 1.54) is 44.9 Å². The zero-order valence-electron chi connectivity index (χ0n) is 14.5. The van der Waals surface area contributed by atoms with Crippen molar-refractivity contribution in [3.63, 3.8) is 0 Å². The quantitative estimate of drug-likeness (QED) is 0.194. The first-order valence-electron chi connectivity index (χ1n) is 7.21. The Kier molecular flexibility index (Phi) is 22.9. The summed E-state index contributed by atoms with van der Waals surface area (Å²) in [6.45, 7) is 17.1. The summed E-state index contributed by atoms with van der Waals surface area (Å²) < 4.78 is 0. The van der Waals surface area contributed by atoms with Crippen molar-refractivity contribution in [3.05, 3.63) is 111 Å². The van der Waals surface area contributed by atoms with Gasteiger partial charge in [-0.25, -0.2) is 0 Å². The van der Waals surface area contributed by atoms with Crippen molar-refractivity contribution in [3.8, 4) is 0 Å². The van der Waals surface area contributed by atoms with Crippen molar-refractivity contribution in [1.29, 1.82) is 0 Å². The van der Waals surface area contributed by atoms with E-state index in [0.717, 1.165) is 0 Å². The van der Waals surface area contributed by atoms with E-state index in [1.54, 1.807) is 0 Å². The van der Waals surface area contributed by atoms with Gasteiger partial charge in [-0.2, -0.15) is 35.0 Å². The molecule has 0 aliphatic rings. The van der Waals surface area contributed by atoms with Gasteiger partial charge in [0.05, 0.1) is 0 Å². The topological polar surface area (TPSA) is 0 Å². The third-order valence-corrected chi connectivity index (χ3v) is 3.10. The molecule has 0 bridgehead atoms. The van der Waals surface area contributed by atoms with Crippen molar-refractivity contribution in [2.45, 2.75) is 0 Å². The van der Waals surface area contributed by atoms with Gasteiger partial charge in [0.2, 0.25) is 0 Å². The predicted molar refractivity (Wildman–Crippen MR) is 119 cm³/mol. The van der Waals surface area contributed by atoms with Crippen LogP contribution in [-0.4, -0.2) is 6.88 Å². The fourth-order valence-corrected chi connectivity index (χ4v) is 2.14. The zero-order valence-corrected chi connectivity index (χ0v) is 19.6. The average molecular weight is 477 g/mol. The Balaban J connectivity index is -0.000000299. The van der Waals surface area contributed by atoms with Gasteiger partial charge in [-0.15, -0.1) is 84.1 Å². The summed E-state index contributed by atoms with van der Waals surface area (Å²) in [5.41, 5.74) is 0. The van der Waals surface area contributed by atoms with Gasteiger partial charge < -0.3 is 13.2 Å². The SMILES string of the molecule is Cl.Cl.[CH-]=C.[CH-]=C.[Si]=[Zr].c1ccc2[cH-]ccc2c1.c1ccc2[cH-]ccc2c1. The van der Waals surface area contributed by atoms with Crippen LogP contribution in [0.25, 0.3) is 21.5 Å². The molecule has 4 rings (SSSR count). The van der Waals surface area contributed by atoms with Gasteiger partial charge in [-0.05, 0) is 0 Å². The largest absolute Gasteiger partial charge is 0.168 e. The fraction of sp³-hybridized carbons (Fsp3) is 0. The molecular formula is C22H22Cl2SiZr-4. The number of benzene rings is 2. The molecular weight excluding hydrogens is 454 g/mol. The maximum absolute atomic E-state index is 4.25. The monoisotopic (exact) mass is 474 g/mol. The van der Waals surface area contributed by atoms with Crippen molar-refractivity contribution < 1.29 is 23.3 Å². The fourth-order valence-electron chi connectivity index (χ4n) is 2.14. The van der Waals surface area contributed by atoms with Gasteiger partial charge >= 0.3 is 30.2 Å². The van der Waals surface area contributed by atoms with Gasteiger partial charge in [0, 0.05) is 0 Å². The first kappa shape index (κ1) is 29.6. The number of hydrogen-bond donors (Lipinski definition) is 0. The van der Waals surface area contributed by atoms with Crippen LogP contribution in [0, 0.1) is 13.2 Å². The van der Waals surface area contributed by atoms with E-state index >= 15 is 0 Å². The van der Waals surface area contributed by atoms with Crippen LogP contribution in [0.4, 0.5) is 0 Å². The summed E-state index contributed by atoms with van der Waals surface area (Å²) in [6, 6.07) is 29.3. The second-order valence-electron chi connectivity index (χ2n) is 4.31. The van der Waals surface area contributed by atoms with E-state index < -0.39 is 0 Å². The molecule has 0 amide bonds. The molecule has 136 valence electrons. The van der Waals surface area contributed by atoms with E-state index in [2.05, 4.69) is 118 Å². The van der Waals surface area contributed by atoms with Crippen LogP contribution in [0.1, 0.15) is 0 Å². The van der Waals surface area contributed by atoms with E-state index in [4.69, 9.17) is 0 Å². The summed E-state index contributed by atoms with van der Waals surface area (Å²) >= 11 is 1.36. The van der Waals surface area contributed by atoms with Crippen LogP contribution in [0.3, 0.4) is 0 Å². The average Bonchev–Trinajstić information content (AvgIpc) is 3.36. The molecule has 0 atom stereocenters. The molecule has 0 saturated carbocycles. The van der Waals surface area contributed by atoms with Crippen molar-refractivity contribution >= 4 is 53.2 Å². The standard InChI is InChI=1S/2C9H7.2C2H3.2ClH.Si.Zr/c2*1-2-5-9-7-3-6-8(9)4-1;2*1-2;;;;/h2*1-7H;2*1H,2H2;2*1H;;/q4*-1;;;;. The maximum Gasteiger partial charge on any atom is -0.0809 e. The van der Waals surface area contributed by atoms with Gasteiger partial charge in [0.1, 0.15) is 0 Å². The third kappa shape index (κ3) is 10.1. The molecule has 4 aromatic carbocycles. The maximum atomic E-state index is 4.25. The van der Waals surface area contributed by atoms with Gasteiger partial charge in [-0.1, -0.05) is 12.1 Å². The Bertz CT molecular complexity index is 676. The Hall–Kier alpha value is -1.18. The van der Waals surface area contributed by atoms with Crippen LogP contribution in [0.15, 0.2) is 98.1 Å². The molecule has 0 aliphatic heterocycles. The molecule has 2 radical (unpaired) electrons. The number of fused-ring (bicyclic) bond motifs is 2. The molecule has 4 aromatic rings. The normalized spacial score (nSPS) is 7.50. The number of hydrogen-bond acceptors (Lipinski definition) is 0. The predicted octanol–water partition coefficient (Wildman–Crippen LogP) is 6.79. The van der Waals surface area contributed by atoms with Crippen molar-refractivity contribution in [1.82, 2.24) is 0 Å². The van der Waals surface area contributed by atoms with E-state index in [-0.39, 0.29) is 24.8 Å². The minimum Gasteiger partial charge on any atom is -0.168 e. The molecule has 0 saturated heterocycles. The molecule has 26 heavy (non-hydrogen) atoms. The zero-order chi connectivity index (χ0) is 18.2. The third-order valence-electron chi connectivity index (χ3n) is 3.10. The molecule has 0 fully saturated rings. The second kappa shape index (κ2) is 20.1. The van der Waals surface area contributed by atoms with E-state index in [9.17, 15) is 0 Å². The minimum atomic E-state index is 0. The van der Waals surface area contributed by atoms with Crippen LogP contribution >= 0.6 is 24.8 Å². The van der Waals surface area contributed by atoms with E-state index in [0.29, 0.717) is 0 Å². The molecule has 0 spiro atoms. The summed E-state index contributed by atoms with van der Waals surface area (Å²) in [7, 11) is 0. The molecule has 0 unspecified atom stereocenters. The summed E-state index contributed by atoms with van der Waals surface area (Å²) in [5.74, 6) is 0. The molecule has 0 aromatic heterocycles. The van der Waals surface area contributed by atoms with E-state index in [1.807, 2.05) is 0 Å². The first-order chi connectivity index (χ1) is 11.9. The van der Waals surface area contributed by atoms with Gasteiger partial charge in [-0.3, -0.25) is 13.2 Å². The molecule has 0 nitrogen and oxygen atoms in total. The Labute approximate surface area is 186 Å². The van der Waals surface area contributed by atoms with Crippen LogP contribution < -0.4 is 0 Å². The Morgan fingerprint density at radius 1 is 0.615 bits per heavy atom. The molecule has 0 aliphatic carbocycles.